The van der Waals surface area contributed by atoms with Crippen molar-refractivity contribution in [2.75, 3.05) is 11.9 Å². The van der Waals surface area contributed by atoms with Crippen molar-refractivity contribution < 1.29 is 4.79 Å². The molecule has 116 valence electrons. The molecular weight excluding hydrogens is 296 g/mol. The first-order valence-corrected chi connectivity index (χ1v) is 7.89. The van der Waals surface area contributed by atoms with Gasteiger partial charge in [-0.3, -0.25) is 4.79 Å². The van der Waals surface area contributed by atoms with Crippen LogP contribution in [-0.2, 0) is 17.8 Å². The maximum atomic E-state index is 11.8. The zero-order chi connectivity index (χ0) is 15.8. The van der Waals surface area contributed by atoms with Crippen LogP contribution in [0.25, 0.3) is 0 Å². The van der Waals surface area contributed by atoms with Gasteiger partial charge in [0.1, 0.15) is 0 Å². The van der Waals surface area contributed by atoms with Crippen LogP contribution in [0, 0.1) is 0 Å². The van der Waals surface area contributed by atoms with Gasteiger partial charge in [0.25, 0.3) is 0 Å². The highest BCUT2D eigenvalue weighted by Gasteiger charge is 2.02. The molecule has 0 saturated carbocycles. The summed E-state index contributed by atoms with van der Waals surface area (Å²) in [4.78, 5) is 11.8. The van der Waals surface area contributed by atoms with Gasteiger partial charge in [-0.05, 0) is 41.8 Å². The van der Waals surface area contributed by atoms with E-state index < -0.39 is 0 Å². The van der Waals surface area contributed by atoms with Gasteiger partial charge < -0.3 is 10.6 Å². The van der Waals surface area contributed by atoms with E-state index in [-0.39, 0.29) is 12.5 Å². The van der Waals surface area contributed by atoms with Crippen LogP contribution < -0.4 is 10.6 Å². The Bertz CT molecular complexity index is 593. The van der Waals surface area contributed by atoms with Crippen molar-refractivity contribution in [3.05, 3.63) is 64.7 Å². The number of aryl methyl sites for hydroxylation is 1. The molecule has 2 aromatic carbocycles. The first-order chi connectivity index (χ1) is 10.7. The van der Waals surface area contributed by atoms with Gasteiger partial charge in [0.05, 0.1) is 6.54 Å². The first kappa shape index (κ1) is 16.4. The van der Waals surface area contributed by atoms with Crippen LogP contribution in [0.2, 0.25) is 5.02 Å². The molecule has 0 fully saturated rings. The number of benzene rings is 2. The monoisotopic (exact) mass is 316 g/mol. The van der Waals surface area contributed by atoms with E-state index in [2.05, 4.69) is 29.7 Å². The molecule has 0 aliphatic rings. The second-order valence-corrected chi connectivity index (χ2v) is 5.64. The summed E-state index contributed by atoms with van der Waals surface area (Å²) in [6.45, 7) is 2.94. The zero-order valence-electron chi connectivity index (χ0n) is 12.7. The molecular formula is C18H21ClN2O. The number of rotatable bonds is 7. The lowest BCUT2D eigenvalue weighted by molar-refractivity contribution is -0.119. The predicted octanol–water partition coefficient (Wildman–Crippen LogP) is 4.02. The molecule has 4 heteroatoms. The van der Waals surface area contributed by atoms with Crippen LogP contribution in [0.15, 0.2) is 48.5 Å². The third-order valence-corrected chi connectivity index (χ3v) is 3.60. The largest absolute Gasteiger partial charge is 0.376 e. The topological polar surface area (TPSA) is 41.1 Å². The van der Waals surface area contributed by atoms with E-state index >= 15 is 0 Å². The summed E-state index contributed by atoms with van der Waals surface area (Å²) in [6.07, 6.45) is 2.22. The fourth-order valence-corrected chi connectivity index (χ4v) is 2.25. The molecule has 3 nitrogen and oxygen atoms in total. The third kappa shape index (κ3) is 5.41. The number of anilines is 1. The second-order valence-electron chi connectivity index (χ2n) is 5.20. The molecule has 0 heterocycles. The summed E-state index contributed by atoms with van der Waals surface area (Å²) >= 11 is 5.83. The molecule has 0 atom stereocenters. The Kier molecular flexibility index (Phi) is 6.28. The predicted molar refractivity (Wildman–Crippen MR) is 92.2 cm³/mol. The molecule has 0 spiro atoms. The number of hydrogen-bond donors (Lipinski definition) is 2. The number of halogens is 1. The fraction of sp³-hybridized carbons (Fsp3) is 0.278. The summed E-state index contributed by atoms with van der Waals surface area (Å²) < 4.78 is 0. The maximum Gasteiger partial charge on any atom is 0.239 e. The van der Waals surface area contributed by atoms with Gasteiger partial charge in [-0.15, -0.1) is 0 Å². The van der Waals surface area contributed by atoms with E-state index in [1.807, 2.05) is 36.4 Å². The molecule has 1 amide bonds. The summed E-state index contributed by atoms with van der Waals surface area (Å²) in [5.74, 6) is -0.0346. The quantitative estimate of drug-likeness (QED) is 0.810. The Morgan fingerprint density at radius 2 is 1.64 bits per heavy atom. The standard InChI is InChI=1S/C18H21ClN2O/c1-2-3-14-6-10-17(11-7-14)20-13-18(22)21-12-15-4-8-16(19)9-5-15/h4-11,20H,2-3,12-13H2,1H3,(H,21,22). The normalized spacial score (nSPS) is 10.3. The molecule has 2 N–H and O–H groups in total. The van der Waals surface area contributed by atoms with Crippen LogP contribution >= 0.6 is 11.6 Å². The average Bonchev–Trinajstić information content (AvgIpc) is 2.54. The molecule has 0 aromatic heterocycles. The minimum absolute atomic E-state index is 0.0346. The molecule has 0 bridgehead atoms. The van der Waals surface area contributed by atoms with Crippen molar-refractivity contribution >= 4 is 23.2 Å². The molecule has 0 unspecified atom stereocenters. The van der Waals surface area contributed by atoms with Crippen LogP contribution in [0.1, 0.15) is 24.5 Å². The number of hydrogen-bond acceptors (Lipinski definition) is 2. The van der Waals surface area contributed by atoms with Crippen LogP contribution in [0.5, 0.6) is 0 Å². The lowest BCUT2D eigenvalue weighted by atomic mass is 10.1. The smallest absolute Gasteiger partial charge is 0.239 e. The minimum Gasteiger partial charge on any atom is -0.376 e. The van der Waals surface area contributed by atoms with E-state index in [4.69, 9.17) is 11.6 Å². The molecule has 2 rings (SSSR count). The van der Waals surface area contributed by atoms with Gasteiger partial charge in [-0.25, -0.2) is 0 Å². The van der Waals surface area contributed by atoms with Crippen molar-refractivity contribution in [3.63, 3.8) is 0 Å². The summed E-state index contributed by atoms with van der Waals surface area (Å²) in [5.41, 5.74) is 3.31. The summed E-state index contributed by atoms with van der Waals surface area (Å²) in [6, 6.07) is 15.7. The molecule has 0 aliphatic heterocycles. The molecule has 0 saturated heterocycles. The number of amides is 1. The van der Waals surface area contributed by atoms with Crippen molar-refractivity contribution in [1.29, 1.82) is 0 Å². The summed E-state index contributed by atoms with van der Waals surface area (Å²) in [7, 11) is 0. The van der Waals surface area contributed by atoms with Gasteiger partial charge in [0.15, 0.2) is 0 Å². The lowest BCUT2D eigenvalue weighted by Gasteiger charge is -2.08. The van der Waals surface area contributed by atoms with Crippen LogP contribution in [0.3, 0.4) is 0 Å². The van der Waals surface area contributed by atoms with Gasteiger partial charge >= 0.3 is 0 Å². The summed E-state index contributed by atoms with van der Waals surface area (Å²) in [5, 5.41) is 6.70. The van der Waals surface area contributed by atoms with E-state index in [0.29, 0.717) is 11.6 Å². The Morgan fingerprint density at radius 1 is 1.00 bits per heavy atom. The Morgan fingerprint density at radius 3 is 2.27 bits per heavy atom. The highest BCUT2D eigenvalue weighted by atomic mass is 35.5. The van der Waals surface area contributed by atoms with Gasteiger partial charge in [-0.1, -0.05) is 49.2 Å². The molecule has 0 radical (unpaired) electrons. The van der Waals surface area contributed by atoms with Gasteiger partial charge in [0, 0.05) is 17.3 Å². The Balaban J connectivity index is 1.74. The van der Waals surface area contributed by atoms with Crippen molar-refractivity contribution in [2.24, 2.45) is 0 Å². The zero-order valence-corrected chi connectivity index (χ0v) is 13.5. The molecule has 2 aromatic rings. The van der Waals surface area contributed by atoms with Crippen LogP contribution in [-0.4, -0.2) is 12.5 Å². The highest BCUT2D eigenvalue weighted by molar-refractivity contribution is 6.30. The SMILES string of the molecule is CCCc1ccc(NCC(=O)NCc2ccc(Cl)cc2)cc1. The Labute approximate surface area is 136 Å². The number of nitrogens with one attached hydrogen (secondary N) is 2. The van der Waals surface area contributed by atoms with Crippen molar-refractivity contribution in [1.82, 2.24) is 5.32 Å². The lowest BCUT2D eigenvalue weighted by Crippen LogP contribution is -2.29. The molecule has 22 heavy (non-hydrogen) atoms. The van der Waals surface area contributed by atoms with E-state index in [0.717, 1.165) is 24.1 Å². The van der Waals surface area contributed by atoms with E-state index in [9.17, 15) is 4.79 Å². The van der Waals surface area contributed by atoms with Crippen molar-refractivity contribution in [3.8, 4) is 0 Å². The van der Waals surface area contributed by atoms with E-state index in [1.165, 1.54) is 5.56 Å². The fourth-order valence-electron chi connectivity index (χ4n) is 2.13. The highest BCUT2D eigenvalue weighted by Crippen LogP contribution is 2.11. The molecule has 0 aliphatic carbocycles. The third-order valence-electron chi connectivity index (χ3n) is 3.35. The number of carbonyl (C=O) groups is 1. The van der Waals surface area contributed by atoms with Gasteiger partial charge in [-0.2, -0.15) is 0 Å². The van der Waals surface area contributed by atoms with Crippen molar-refractivity contribution in [2.45, 2.75) is 26.3 Å². The maximum absolute atomic E-state index is 11.8. The van der Waals surface area contributed by atoms with Gasteiger partial charge in [0.2, 0.25) is 5.91 Å². The minimum atomic E-state index is -0.0346. The Hall–Kier alpha value is -2.00. The van der Waals surface area contributed by atoms with E-state index in [1.54, 1.807) is 0 Å². The first-order valence-electron chi connectivity index (χ1n) is 7.51. The second kappa shape index (κ2) is 8.44. The number of carbonyl (C=O) groups excluding carboxylic acids is 1. The van der Waals surface area contributed by atoms with Crippen LogP contribution in [0.4, 0.5) is 5.69 Å². The average molecular weight is 317 g/mol.